The fraction of sp³-hybridized carbons (Fsp3) is 0.476. The summed E-state index contributed by atoms with van der Waals surface area (Å²) in [7, 11) is 0. The summed E-state index contributed by atoms with van der Waals surface area (Å²) in [5.74, 6) is -1.13. The van der Waals surface area contributed by atoms with Gasteiger partial charge in [-0.1, -0.05) is 23.7 Å². The highest BCUT2D eigenvalue weighted by Crippen LogP contribution is 2.41. The molecule has 1 aromatic carbocycles. The average molecular weight is 417 g/mol. The lowest BCUT2D eigenvalue weighted by Gasteiger charge is -2.39. The van der Waals surface area contributed by atoms with Gasteiger partial charge in [0.15, 0.2) is 5.69 Å². The first-order valence-electron chi connectivity index (χ1n) is 9.91. The van der Waals surface area contributed by atoms with E-state index in [1.807, 2.05) is 12.1 Å². The maximum absolute atomic E-state index is 12.6. The van der Waals surface area contributed by atoms with Gasteiger partial charge < -0.3 is 10.0 Å². The first kappa shape index (κ1) is 19.9. The molecule has 1 N–H and O–H groups in total. The van der Waals surface area contributed by atoms with Crippen LogP contribution in [0.1, 0.15) is 40.9 Å². The predicted molar refractivity (Wildman–Crippen MR) is 109 cm³/mol. The van der Waals surface area contributed by atoms with E-state index in [-0.39, 0.29) is 17.1 Å². The summed E-state index contributed by atoms with van der Waals surface area (Å²) in [4.78, 5) is 27.9. The van der Waals surface area contributed by atoms with Crippen molar-refractivity contribution in [1.29, 1.82) is 0 Å². The maximum Gasteiger partial charge on any atom is 0.356 e. The van der Waals surface area contributed by atoms with E-state index >= 15 is 0 Å². The van der Waals surface area contributed by atoms with Crippen LogP contribution in [0.5, 0.6) is 0 Å². The van der Waals surface area contributed by atoms with E-state index in [0.717, 1.165) is 54.2 Å². The molecule has 7 nitrogen and oxygen atoms in total. The highest BCUT2D eigenvalue weighted by molar-refractivity contribution is 6.31. The molecule has 0 unspecified atom stereocenters. The standard InChI is InChI=1S/C21H25ClN4O3/c1-15-16(3-2-4-17(15)22)13-24-10-6-21(14-24)7-11-25(12-8-21)20(29)26-9-5-18(23-26)19(27)28/h2-5,9H,6-8,10-14H2,1H3,(H,27,28). The molecule has 1 amide bonds. The molecule has 0 radical (unpaired) electrons. The van der Waals surface area contributed by atoms with Crippen molar-refractivity contribution in [2.75, 3.05) is 26.2 Å². The minimum atomic E-state index is -1.13. The Kier molecular flexibility index (Phi) is 5.36. The second kappa shape index (κ2) is 7.80. The van der Waals surface area contributed by atoms with E-state index in [0.29, 0.717) is 13.1 Å². The molecule has 2 fully saturated rings. The van der Waals surface area contributed by atoms with Gasteiger partial charge in [0.25, 0.3) is 0 Å². The number of carboxylic acids is 1. The molecule has 3 heterocycles. The Morgan fingerprint density at radius 2 is 1.90 bits per heavy atom. The molecule has 2 aliphatic heterocycles. The van der Waals surface area contributed by atoms with Crippen molar-refractivity contribution in [3.8, 4) is 0 Å². The zero-order chi connectivity index (χ0) is 20.6. The van der Waals surface area contributed by atoms with Crippen molar-refractivity contribution >= 4 is 23.6 Å². The molecule has 0 saturated carbocycles. The number of hydrogen-bond acceptors (Lipinski definition) is 4. The number of rotatable bonds is 3. The molecule has 1 spiro atoms. The molecule has 0 atom stereocenters. The van der Waals surface area contributed by atoms with Gasteiger partial charge in [0, 0.05) is 37.4 Å². The fourth-order valence-corrected chi connectivity index (χ4v) is 4.69. The molecule has 2 aromatic rings. The third-order valence-corrected chi connectivity index (χ3v) is 6.80. The van der Waals surface area contributed by atoms with Gasteiger partial charge in [0.2, 0.25) is 0 Å². The summed E-state index contributed by atoms with van der Waals surface area (Å²) in [5, 5.41) is 13.6. The van der Waals surface area contributed by atoms with Crippen LogP contribution >= 0.6 is 11.6 Å². The van der Waals surface area contributed by atoms with E-state index < -0.39 is 5.97 Å². The number of halogens is 1. The largest absolute Gasteiger partial charge is 0.476 e. The fourth-order valence-electron chi connectivity index (χ4n) is 4.50. The van der Waals surface area contributed by atoms with Gasteiger partial charge in [-0.2, -0.15) is 9.78 Å². The van der Waals surface area contributed by atoms with E-state index in [1.165, 1.54) is 17.8 Å². The van der Waals surface area contributed by atoms with Crippen molar-refractivity contribution in [3.63, 3.8) is 0 Å². The lowest BCUT2D eigenvalue weighted by Crippen LogP contribution is -2.45. The average Bonchev–Trinajstić information content (AvgIpc) is 3.34. The van der Waals surface area contributed by atoms with Crippen molar-refractivity contribution in [2.45, 2.75) is 32.7 Å². The lowest BCUT2D eigenvalue weighted by molar-refractivity contribution is 0.0689. The van der Waals surface area contributed by atoms with E-state index in [4.69, 9.17) is 16.7 Å². The molecule has 0 aliphatic carbocycles. The Hall–Kier alpha value is -2.38. The second-order valence-corrected chi connectivity index (χ2v) is 8.61. The van der Waals surface area contributed by atoms with Gasteiger partial charge in [-0.25, -0.2) is 9.59 Å². The van der Waals surface area contributed by atoms with Crippen LogP contribution in [0.4, 0.5) is 4.79 Å². The number of aromatic carboxylic acids is 1. The van der Waals surface area contributed by atoms with Crippen molar-refractivity contribution < 1.29 is 14.7 Å². The smallest absolute Gasteiger partial charge is 0.356 e. The van der Waals surface area contributed by atoms with Gasteiger partial charge in [-0.05, 0) is 61.4 Å². The minimum absolute atomic E-state index is 0.116. The number of piperidine rings is 1. The van der Waals surface area contributed by atoms with Crippen molar-refractivity contribution in [2.24, 2.45) is 5.41 Å². The van der Waals surface area contributed by atoms with Crippen molar-refractivity contribution in [1.82, 2.24) is 19.6 Å². The Labute approximate surface area is 174 Å². The quantitative estimate of drug-likeness (QED) is 0.828. The SMILES string of the molecule is Cc1c(Cl)cccc1CN1CCC2(CCN(C(=O)n3ccc(C(=O)O)n3)CC2)C1. The number of benzene rings is 1. The molecule has 8 heteroatoms. The number of carbonyl (C=O) groups excluding carboxylic acids is 1. The minimum Gasteiger partial charge on any atom is -0.476 e. The molecular formula is C21H25ClN4O3. The number of aromatic nitrogens is 2. The normalized spacial score (nSPS) is 19.0. The molecule has 1 aromatic heterocycles. The molecule has 2 aliphatic rings. The molecule has 154 valence electrons. The van der Waals surface area contributed by atoms with Crippen LogP contribution in [-0.4, -0.2) is 62.9 Å². The predicted octanol–water partition coefficient (Wildman–Crippen LogP) is 3.50. The first-order valence-corrected chi connectivity index (χ1v) is 10.3. The molecular weight excluding hydrogens is 392 g/mol. The monoisotopic (exact) mass is 416 g/mol. The van der Waals surface area contributed by atoms with Crippen LogP contribution in [0, 0.1) is 12.3 Å². The van der Waals surface area contributed by atoms with Crippen LogP contribution in [0.25, 0.3) is 0 Å². The number of carboxylic acid groups (broad SMARTS) is 1. The molecule has 0 bridgehead atoms. The van der Waals surface area contributed by atoms with Crippen molar-refractivity contribution in [3.05, 3.63) is 52.3 Å². The maximum atomic E-state index is 12.6. The highest BCUT2D eigenvalue weighted by atomic mass is 35.5. The highest BCUT2D eigenvalue weighted by Gasteiger charge is 2.41. The van der Waals surface area contributed by atoms with Gasteiger partial charge in [0.05, 0.1) is 0 Å². The van der Waals surface area contributed by atoms with Crippen LogP contribution in [-0.2, 0) is 6.54 Å². The lowest BCUT2D eigenvalue weighted by atomic mass is 9.78. The van der Waals surface area contributed by atoms with Crippen LogP contribution < -0.4 is 0 Å². The summed E-state index contributed by atoms with van der Waals surface area (Å²) in [6, 6.07) is 7.17. The summed E-state index contributed by atoms with van der Waals surface area (Å²) in [6.45, 7) is 6.41. The van der Waals surface area contributed by atoms with E-state index in [9.17, 15) is 9.59 Å². The van der Waals surface area contributed by atoms with E-state index in [1.54, 1.807) is 4.90 Å². The third-order valence-electron chi connectivity index (χ3n) is 6.39. The van der Waals surface area contributed by atoms with Crippen LogP contribution in [0.2, 0.25) is 5.02 Å². The summed E-state index contributed by atoms with van der Waals surface area (Å²) >= 11 is 6.26. The van der Waals surface area contributed by atoms with E-state index in [2.05, 4.69) is 23.0 Å². The Balaban J connectivity index is 1.35. The zero-order valence-electron chi connectivity index (χ0n) is 16.5. The molecule has 4 rings (SSSR count). The summed E-state index contributed by atoms with van der Waals surface area (Å²) in [5.41, 5.74) is 2.56. The Bertz CT molecular complexity index is 934. The molecule has 29 heavy (non-hydrogen) atoms. The Morgan fingerprint density at radius 3 is 2.59 bits per heavy atom. The number of hydrogen-bond donors (Lipinski definition) is 1. The number of carbonyl (C=O) groups is 2. The molecule has 2 saturated heterocycles. The number of likely N-dealkylation sites (tertiary alicyclic amines) is 2. The summed E-state index contributed by atoms with van der Waals surface area (Å²) < 4.78 is 1.13. The van der Waals surface area contributed by atoms with Gasteiger partial charge in [0.1, 0.15) is 0 Å². The topological polar surface area (TPSA) is 78.7 Å². The Morgan fingerprint density at radius 1 is 1.17 bits per heavy atom. The van der Waals surface area contributed by atoms with Crippen LogP contribution in [0.3, 0.4) is 0 Å². The van der Waals surface area contributed by atoms with Gasteiger partial charge >= 0.3 is 12.0 Å². The van der Waals surface area contributed by atoms with Crippen LogP contribution in [0.15, 0.2) is 30.5 Å². The third kappa shape index (κ3) is 4.02. The van der Waals surface area contributed by atoms with Gasteiger partial charge in [-0.3, -0.25) is 4.90 Å². The number of amides is 1. The number of nitrogens with zero attached hydrogens (tertiary/aromatic N) is 4. The zero-order valence-corrected chi connectivity index (χ0v) is 17.2. The van der Waals surface area contributed by atoms with Gasteiger partial charge in [-0.15, -0.1) is 0 Å². The summed E-state index contributed by atoms with van der Waals surface area (Å²) in [6.07, 6.45) is 4.47. The first-order chi connectivity index (χ1) is 13.9. The second-order valence-electron chi connectivity index (χ2n) is 8.20.